The predicted octanol–water partition coefficient (Wildman–Crippen LogP) is 0.653. The van der Waals surface area contributed by atoms with E-state index < -0.39 is 0 Å². The molecule has 2 saturated heterocycles. The number of carbonyl (C=O) groups is 1. The number of amides is 1. The molecule has 0 bridgehead atoms. The molecule has 3 heteroatoms. The molecule has 0 spiro atoms. The maximum Gasteiger partial charge on any atom is 0.237 e. The van der Waals surface area contributed by atoms with E-state index in [1.54, 1.807) is 0 Å². The van der Waals surface area contributed by atoms with Gasteiger partial charge in [0.1, 0.15) is 0 Å². The Morgan fingerprint density at radius 3 is 2.86 bits per heavy atom. The van der Waals surface area contributed by atoms with Crippen molar-refractivity contribution in [2.45, 2.75) is 44.2 Å². The van der Waals surface area contributed by atoms with E-state index in [0.29, 0.717) is 12.0 Å². The normalized spacial score (nSPS) is 46.7. The van der Waals surface area contributed by atoms with Crippen molar-refractivity contribution < 1.29 is 4.79 Å². The van der Waals surface area contributed by atoms with Crippen LogP contribution < -0.4 is 10.6 Å². The summed E-state index contributed by atoms with van der Waals surface area (Å²) in [5.74, 6) is 1.67. The summed E-state index contributed by atoms with van der Waals surface area (Å²) >= 11 is 0. The number of fused-ring (bicyclic) bond motifs is 3. The van der Waals surface area contributed by atoms with Crippen molar-refractivity contribution in [3.63, 3.8) is 0 Å². The van der Waals surface area contributed by atoms with Gasteiger partial charge in [-0.15, -0.1) is 0 Å². The minimum atomic E-state index is 0.136. The monoisotopic (exact) mass is 194 g/mol. The summed E-state index contributed by atoms with van der Waals surface area (Å²) in [6, 6.07) is 0.777. The van der Waals surface area contributed by atoms with Crippen LogP contribution >= 0.6 is 0 Å². The fraction of sp³-hybridized carbons (Fsp3) is 0.909. The second kappa shape index (κ2) is 3.23. The third kappa shape index (κ3) is 1.18. The average Bonchev–Trinajstić information content (AvgIpc) is 2.59. The largest absolute Gasteiger partial charge is 0.355 e. The second-order valence-corrected chi connectivity index (χ2v) is 4.94. The molecule has 2 N–H and O–H groups in total. The average molecular weight is 194 g/mol. The van der Waals surface area contributed by atoms with Gasteiger partial charge in [0.15, 0.2) is 0 Å². The molecule has 1 saturated carbocycles. The third-order valence-corrected chi connectivity index (χ3v) is 4.25. The topological polar surface area (TPSA) is 41.1 Å². The lowest BCUT2D eigenvalue weighted by atomic mass is 9.76. The molecule has 3 aliphatic rings. The number of nitrogens with one attached hydrogen (secondary N) is 2. The predicted molar refractivity (Wildman–Crippen MR) is 53.8 cm³/mol. The summed E-state index contributed by atoms with van der Waals surface area (Å²) in [6.45, 7) is 0.894. The molecule has 3 fully saturated rings. The molecule has 0 aromatic rings. The maximum atomic E-state index is 11.6. The van der Waals surface area contributed by atoms with E-state index in [4.69, 9.17) is 0 Å². The molecule has 3 nitrogen and oxygen atoms in total. The van der Waals surface area contributed by atoms with E-state index in [1.165, 1.54) is 32.1 Å². The van der Waals surface area contributed by atoms with E-state index in [-0.39, 0.29) is 11.9 Å². The highest BCUT2D eigenvalue weighted by molar-refractivity contribution is 5.83. The zero-order valence-corrected chi connectivity index (χ0v) is 8.46. The first-order chi connectivity index (χ1) is 6.86. The lowest BCUT2D eigenvalue weighted by Crippen LogP contribution is -2.49. The number of carbonyl (C=O) groups excluding carboxylic acids is 1. The summed E-state index contributed by atoms with van der Waals surface area (Å²) in [5.41, 5.74) is 0. The van der Waals surface area contributed by atoms with Crippen LogP contribution in [0.25, 0.3) is 0 Å². The van der Waals surface area contributed by atoms with Gasteiger partial charge in [-0.2, -0.15) is 0 Å². The minimum absolute atomic E-state index is 0.136. The van der Waals surface area contributed by atoms with Gasteiger partial charge in [0, 0.05) is 12.6 Å². The number of hydrogen-bond acceptors (Lipinski definition) is 2. The molecule has 14 heavy (non-hydrogen) atoms. The van der Waals surface area contributed by atoms with Crippen LogP contribution in [0.5, 0.6) is 0 Å². The summed E-state index contributed by atoms with van der Waals surface area (Å²) in [4.78, 5) is 11.6. The Bertz CT molecular complexity index is 254. The van der Waals surface area contributed by atoms with Gasteiger partial charge >= 0.3 is 0 Å². The van der Waals surface area contributed by atoms with E-state index in [9.17, 15) is 4.79 Å². The third-order valence-electron chi connectivity index (χ3n) is 4.25. The SMILES string of the molecule is O=C1NCCC2C1NC1CCCCC12. The van der Waals surface area contributed by atoms with Crippen molar-refractivity contribution in [3.05, 3.63) is 0 Å². The van der Waals surface area contributed by atoms with Gasteiger partial charge in [0.05, 0.1) is 6.04 Å². The number of rotatable bonds is 0. The molecular formula is C11H18N2O. The van der Waals surface area contributed by atoms with Crippen molar-refractivity contribution in [2.75, 3.05) is 6.54 Å². The molecular weight excluding hydrogens is 176 g/mol. The smallest absolute Gasteiger partial charge is 0.237 e. The van der Waals surface area contributed by atoms with Crippen molar-refractivity contribution in [1.29, 1.82) is 0 Å². The summed E-state index contributed by atoms with van der Waals surface area (Å²) in [6.07, 6.45) is 6.52. The van der Waals surface area contributed by atoms with Crippen LogP contribution in [-0.4, -0.2) is 24.5 Å². The quantitative estimate of drug-likeness (QED) is 0.594. The van der Waals surface area contributed by atoms with Crippen molar-refractivity contribution in [1.82, 2.24) is 10.6 Å². The fourth-order valence-corrected chi connectivity index (χ4v) is 3.60. The maximum absolute atomic E-state index is 11.6. The Morgan fingerprint density at radius 2 is 1.93 bits per heavy atom. The molecule has 0 radical (unpaired) electrons. The molecule has 4 atom stereocenters. The Kier molecular flexibility index (Phi) is 2.01. The highest BCUT2D eigenvalue weighted by Crippen LogP contribution is 2.40. The van der Waals surface area contributed by atoms with Crippen molar-refractivity contribution >= 4 is 5.91 Å². The van der Waals surface area contributed by atoms with Crippen LogP contribution in [0.1, 0.15) is 32.1 Å². The first-order valence-corrected chi connectivity index (χ1v) is 5.90. The molecule has 0 aromatic heterocycles. The lowest BCUT2D eigenvalue weighted by Gasteiger charge is -2.30. The molecule has 1 amide bonds. The lowest BCUT2D eigenvalue weighted by molar-refractivity contribution is -0.125. The van der Waals surface area contributed by atoms with E-state index in [0.717, 1.165) is 12.5 Å². The van der Waals surface area contributed by atoms with Crippen LogP contribution in [0.15, 0.2) is 0 Å². The fourth-order valence-electron chi connectivity index (χ4n) is 3.60. The van der Waals surface area contributed by atoms with E-state index >= 15 is 0 Å². The number of hydrogen-bond donors (Lipinski definition) is 2. The minimum Gasteiger partial charge on any atom is -0.355 e. The Morgan fingerprint density at radius 1 is 1.07 bits per heavy atom. The molecule has 1 aliphatic carbocycles. The van der Waals surface area contributed by atoms with Gasteiger partial charge in [-0.1, -0.05) is 12.8 Å². The molecule has 0 aromatic carbocycles. The first-order valence-electron chi connectivity index (χ1n) is 5.90. The zero-order valence-electron chi connectivity index (χ0n) is 8.46. The van der Waals surface area contributed by atoms with Gasteiger partial charge in [-0.05, 0) is 31.1 Å². The van der Waals surface area contributed by atoms with Crippen molar-refractivity contribution in [3.8, 4) is 0 Å². The summed E-state index contributed by atoms with van der Waals surface area (Å²) < 4.78 is 0. The first kappa shape index (κ1) is 8.72. The van der Waals surface area contributed by atoms with Crippen molar-refractivity contribution in [2.24, 2.45) is 11.8 Å². The molecule has 4 unspecified atom stereocenters. The summed E-state index contributed by atoms with van der Waals surface area (Å²) in [5, 5.41) is 6.49. The van der Waals surface area contributed by atoms with Crippen LogP contribution in [-0.2, 0) is 4.79 Å². The standard InChI is InChI=1S/C11H18N2O/c14-11-10-8(5-6-12-11)7-3-1-2-4-9(7)13-10/h7-10,13H,1-6H2,(H,12,14). The van der Waals surface area contributed by atoms with E-state index in [2.05, 4.69) is 10.6 Å². The van der Waals surface area contributed by atoms with E-state index in [1.807, 2.05) is 0 Å². The Hall–Kier alpha value is -0.570. The zero-order chi connectivity index (χ0) is 9.54. The van der Waals surface area contributed by atoms with Gasteiger partial charge in [0.2, 0.25) is 5.91 Å². The van der Waals surface area contributed by atoms with Gasteiger partial charge in [0.25, 0.3) is 0 Å². The van der Waals surface area contributed by atoms with Gasteiger partial charge in [-0.25, -0.2) is 0 Å². The summed E-state index contributed by atoms with van der Waals surface area (Å²) in [7, 11) is 0. The highest BCUT2D eigenvalue weighted by Gasteiger charge is 2.47. The second-order valence-electron chi connectivity index (χ2n) is 4.94. The Balaban J connectivity index is 1.82. The van der Waals surface area contributed by atoms with Gasteiger partial charge in [-0.3, -0.25) is 4.79 Å². The van der Waals surface area contributed by atoms with Crippen LogP contribution in [0, 0.1) is 11.8 Å². The molecule has 78 valence electrons. The van der Waals surface area contributed by atoms with Gasteiger partial charge < -0.3 is 10.6 Å². The van der Waals surface area contributed by atoms with Crippen LogP contribution in [0.4, 0.5) is 0 Å². The molecule has 2 aliphatic heterocycles. The Labute approximate surface area is 84.6 Å². The van der Waals surface area contributed by atoms with Crippen LogP contribution in [0.2, 0.25) is 0 Å². The molecule has 2 heterocycles. The highest BCUT2D eigenvalue weighted by atomic mass is 16.2. The molecule has 3 rings (SSSR count). The van der Waals surface area contributed by atoms with Crippen LogP contribution in [0.3, 0.4) is 0 Å². The number of piperidine rings is 1.